The third-order valence-electron chi connectivity index (χ3n) is 4.14. The topological polar surface area (TPSA) is 81.7 Å². The third kappa shape index (κ3) is 4.67. The van der Waals surface area contributed by atoms with E-state index in [9.17, 15) is 14.7 Å². The Bertz CT molecular complexity index is 326. The van der Waals surface area contributed by atoms with Gasteiger partial charge in [0.05, 0.1) is 5.41 Å². The quantitative estimate of drug-likeness (QED) is 0.642. The van der Waals surface area contributed by atoms with Crippen molar-refractivity contribution in [1.82, 2.24) is 15.5 Å². The highest BCUT2D eigenvalue weighted by Crippen LogP contribution is 2.34. The minimum absolute atomic E-state index is 0.204. The summed E-state index contributed by atoms with van der Waals surface area (Å²) in [7, 11) is 3.55. The number of urea groups is 1. The predicted molar refractivity (Wildman–Crippen MR) is 77.7 cm³/mol. The van der Waals surface area contributed by atoms with Crippen molar-refractivity contribution < 1.29 is 14.7 Å². The van der Waals surface area contributed by atoms with Crippen molar-refractivity contribution in [3.8, 4) is 0 Å². The molecule has 2 amide bonds. The minimum atomic E-state index is -0.782. The van der Waals surface area contributed by atoms with E-state index in [0.717, 1.165) is 25.7 Å². The zero-order valence-electron chi connectivity index (χ0n) is 12.6. The van der Waals surface area contributed by atoms with E-state index in [4.69, 9.17) is 0 Å². The fourth-order valence-electron chi connectivity index (χ4n) is 2.63. The van der Waals surface area contributed by atoms with Crippen LogP contribution in [0.2, 0.25) is 0 Å². The zero-order valence-corrected chi connectivity index (χ0v) is 12.6. The number of hydrogen-bond donors (Lipinski definition) is 3. The zero-order chi connectivity index (χ0) is 15.0. The summed E-state index contributed by atoms with van der Waals surface area (Å²) in [6.45, 7) is 1.54. The number of aliphatic carboxylic acids is 1. The van der Waals surface area contributed by atoms with Gasteiger partial charge < -0.3 is 20.6 Å². The molecule has 1 fully saturated rings. The van der Waals surface area contributed by atoms with Crippen LogP contribution >= 0.6 is 0 Å². The fraction of sp³-hybridized carbons (Fsp3) is 0.857. The lowest BCUT2D eigenvalue weighted by atomic mass is 9.80. The van der Waals surface area contributed by atoms with Crippen LogP contribution in [-0.2, 0) is 4.79 Å². The number of carboxylic acid groups (broad SMARTS) is 1. The van der Waals surface area contributed by atoms with Crippen molar-refractivity contribution in [3.05, 3.63) is 0 Å². The van der Waals surface area contributed by atoms with Crippen molar-refractivity contribution >= 4 is 12.0 Å². The number of nitrogens with zero attached hydrogens (tertiary/aromatic N) is 1. The van der Waals surface area contributed by atoms with E-state index < -0.39 is 11.4 Å². The summed E-state index contributed by atoms with van der Waals surface area (Å²) < 4.78 is 0. The Balaban J connectivity index is 2.54. The summed E-state index contributed by atoms with van der Waals surface area (Å²) in [6, 6.07) is -0.204. The Morgan fingerprint density at radius 1 is 1.20 bits per heavy atom. The second-order valence-corrected chi connectivity index (χ2v) is 5.68. The van der Waals surface area contributed by atoms with Gasteiger partial charge in [-0.05, 0) is 19.9 Å². The first-order valence-electron chi connectivity index (χ1n) is 7.39. The number of carbonyl (C=O) groups is 2. The molecule has 0 spiro atoms. The molecular formula is C14H27N3O3. The maximum Gasteiger partial charge on any atom is 0.317 e. The Morgan fingerprint density at radius 3 is 2.30 bits per heavy atom. The van der Waals surface area contributed by atoms with Crippen LogP contribution in [0, 0.1) is 5.41 Å². The lowest BCUT2D eigenvalue weighted by molar-refractivity contribution is -0.149. The maximum absolute atomic E-state index is 11.9. The molecular weight excluding hydrogens is 258 g/mol. The van der Waals surface area contributed by atoms with Crippen LogP contribution < -0.4 is 10.6 Å². The summed E-state index contributed by atoms with van der Waals surface area (Å²) in [6.07, 6.45) is 5.34. The highest BCUT2D eigenvalue weighted by Gasteiger charge is 2.39. The number of amides is 2. The van der Waals surface area contributed by atoms with E-state index in [-0.39, 0.29) is 12.6 Å². The lowest BCUT2D eigenvalue weighted by Crippen LogP contribution is -2.47. The van der Waals surface area contributed by atoms with Gasteiger partial charge in [-0.2, -0.15) is 0 Å². The van der Waals surface area contributed by atoms with E-state index in [1.807, 2.05) is 7.05 Å². The molecule has 6 heteroatoms. The van der Waals surface area contributed by atoms with Gasteiger partial charge >= 0.3 is 12.0 Å². The molecule has 1 aliphatic rings. The molecule has 0 radical (unpaired) electrons. The van der Waals surface area contributed by atoms with Gasteiger partial charge in [0.1, 0.15) is 0 Å². The largest absolute Gasteiger partial charge is 0.481 e. The molecule has 0 atom stereocenters. The Hall–Kier alpha value is -1.30. The van der Waals surface area contributed by atoms with Gasteiger partial charge in [-0.3, -0.25) is 4.79 Å². The number of carbonyl (C=O) groups excluding carboxylic acids is 1. The Kier molecular flexibility index (Phi) is 6.78. The molecule has 1 saturated carbocycles. The minimum Gasteiger partial charge on any atom is -0.481 e. The molecule has 0 bridgehead atoms. The van der Waals surface area contributed by atoms with Crippen molar-refractivity contribution in [3.63, 3.8) is 0 Å². The summed E-state index contributed by atoms with van der Waals surface area (Å²) in [4.78, 5) is 25.1. The van der Waals surface area contributed by atoms with Gasteiger partial charge in [-0.1, -0.05) is 25.7 Å². The second-order valence-electron chi connectivity index (χ2n) is 5.68. The molecule has 1 rings (SSSR count). The number of nitrogens with one attached hydrogen (secondary N) is 2. The maximum atomic E-state index is 11.9. The molecule has 0 saturated heterocycles. The van der Waals surface area contributed by atoms with Crippen LogP contribution in [0.5, 0.6) is 0 Å². The Morgan fingerprint density at radius 2 is 1.80 bits per heavy atom. The normalized spacial score (nSPS) is 18.1. The first-order valence-corrected chi connectivity index (χ1v) is 7.39. The molecule has 0 heterocycles. The molecule has 20 heavy (non-hydrogen) atoms. The van der Waals surface area contributed by atoms with E-state index in [0.29, 0.717) is 25.9 Å². The van der Waals surface area contributed by atoms with Gasteiger partial charge in [0.15, 0.2) is 0 Å². The highest BCUT2D eigenvalue weighted by atomic mass is 16.4. The molecule has 6 nitrogen and oxygen atoms in total. The van der Waals surface area contributed by atoms with Crippen molar-refractivity contribution in [2.75, 3.05) is 33.7 Å². The van der Waals surface area contributed by atoms with E-state index in [2.05, 4.69) is 10.6 Å². The van der Waals surface area contributed by atoms with E-state index >= 15 is 0 Å². The van der Waals surface area contributed by atoms with E-state index in [1.54, 1.807) is 11.9 Å². The first kappa shape index (κ1) is 16.8. The van der Waals surface area contributed by atoms with Crippen molar-refractivity contribution in [2.45, 2.75) is 38.5 Å². The molecule has 0 unspecified atom stereocenters. The van der Waals surface area contributed by atoms with Gasteiger partial charge in [0, 0.05) is 26.7 Å². The van der Waals surface area contributed by atoms with Crippen LogP contribution in [0.1, 0.15) is 38.5 Å². The second kappa shape index (κ2) is 8.09. The molecule has 0 aliphatic heterocycles. The lowest BCUT2D eigenvalue weighted by Gasteiger charge is -2.29. The molecule has 1 aliphatic carbocycles. The molecule has 0 aromatic heterocycles. The summed E-state index contributed by atoms with van der Waals surface area (Å²) in [5.41, 5.74) is -0.782. The fourth-order valence-corrected chi connectivity index (χ4v) is 2.63. The van der Waals surface area contributed by atoms with Crippen molar-refractivity contribution in [1.29, 1.82) is 0 Å². The number of rotatable bonds is 6. The van der Waals surface area contributed by atoms with Gasteiger partial charge in [0.2, 0.25) is 0 Å². The summed E-state index contributed by atoms with van der Waals surface area (Å²) >= 11 is 0. The van der Waals surface area contributed by atoms with Gasteiger partial charge in [0.25, 0.3) is 0 Å². The van der Waals surface area contributed by atoms with Crippen LogP contribution in [0.3, 0.4) is 0 Å². The number of likely N-dealkylation sites (N-methyl/N-ethyl adjacent to an activating group) is 2. The average molecular weight is 285 g/mol. The van der Waals surface area contributed by atoms with Crippen LogP contribution in [0.25, 0.3) is 0 Å². The number of carboxylic acids is 1. The summed E-state index contributed by atoms with van der Waals surface area (Å²) in [5.74, 6) is -0.780. The smallest absolute Gasteiger partial charge is 0.317 e. The SMILES string of the molecule is CNCCN(C)C(=O)NCC1(C(=O)O)CCCCCC1. The number of hydrogen-bond acceptors (Lipinski definition) is 3. The summed E-state index contributed by atoms with van der Waals surface area (Å²) in [5, 5.41) is 15.3. The first-order chi connectivity index (χ1) is 9.52. The standard InChI is InChI=1S/C14H27N3O3/c1-15-9-10-17(2)13(20)16-11-14(12(18)19)7-5-3-4-6-8-14/h15H,3-11H2,1-2H3,(H,16,20)(H,18,19). The monoisotopic (exact) mass is 285 g/mol. The van der Waals surface area contributed by atoms with E-state index in [1.165, 1.54) is 0 Å². The van der Waals surface area contributed by atoms with Crippen LogP contribution in [-0.4, -0.2) is 55.7 Å². The van der Waals surface area contributed by atoms with Gasteiger partial charge in [-0.15, -0.1) is 0 Å². The molecule has 0 aromatic carbocycles. The predicted octanol–water partition coefficient (Wildman–Crippen LogP) is 1.27. The third-order valence-corrected chi connectivity index (χ3v) is 4.14. The van der Waals surface area contributed by atoms with Crippen LogP contribution in [0.4, 0.5) is 4.79 Å². The average Bonchev–Trinajstić information content (AvgIpc) is 2.68. The molecule has 116 valence electrons. The molecule has 0 aromatic rings. The highest BCUT2D eigenvalue weighted by molar-refractivity contribution is 5.78. The van der Waals surface area contributed by atoms with Crippen molar-refractivity contribution in [2.24, 2.45) is 5.41 Å². The Labute approximate surface area is 120 Å². The van der Waals surface area contributed by atoms with Gasteiger partial charge in [-0.25, -0.2) is 4.79 Å². The molecule has 3 N–H and O–H groups in total. The van der Waals surface area contributed by atoms with Crippen LogP contribution in [0.15, 0.2) is 0 Å².